The number of carbonyl (C=O) groups is 2. The number of nitrogens with one attached hydrogen (secondary N) is 1. The predicted molar refractivity (Wildman–Crippen MR) is 110 cm³/mol. The van der Waals surface area contributed by atoms with Gasteiger partial charge in [0.05, 0.1) is 0 Å². The molecule has 7 heteroatoms. The highest BCUT2D eigenvalue weighted by atomic mass is 32.1. The van der Waals surface area contributed by atoms with Gasteiger partial charge in [-0.1, -0.05) is 6.42 Å². The molecule has 2 heterocycles. The molecule has 2 aromatic rings. The van der Waals surface area contributed by atoms with Gasteiger partial charge in [0.1, 0.15) is 22.3 Å². The summed E-state index contributed by atoms with van der Waals surface area (Å²) in [6.07, 6.45) is 7.77. The Kier molecular flexibility index (Phi) is 6.34. The van der Waals surface area contributed by atoms with Gasteiger partial charge in [0.15, 0.2) is 0 Å². The van der Waals surface area contributed by atoms with E-state index < -0.39 is 17.7 Å². The van der Waals surface area contributed by atoms with Crippen LogP contribution in [0, 0.1) is 0 Å². The maximum absolute atomic E-state index is 13.0. The molecule has 150 valence electrons. The molecule has 0 aromatic carbocycles. The first-order valence-corrected chi connectivity index (χ1v) is 10.4. The number of anilines is 1. The Hall–Kier alpha value is -2.41. The first-order chi connectivity index (χ1) is 13.3. The van der Waals surface area contributed by atoms with Crippen LogP contribution >= 0.6 is 11.3 Å². The van der Waals surface area contributed by atoms with Crippen molar-refractivity contribution in [3.63, 3.8) is 0 Å². The van der Waals surface area contributed by atoms with Gasteiger partial charge < -0.3 is 9.47 Å². The van der Waals surface area contributed by atoms with Gasteiger partial charge in [0.25, 0.3) is 0 Å². The average Bonchev–Trinajstić information content (AvgIpc) is 3.05. The molecule has 28 heavy (non-hydrogen) atoms. The van der Waals surface area contributed by atoms with Crippen molar-refractivity contribution < 1.29 is 19.1 Å². The minimum Gasteiger partial charge on any atom is -0.459 e. The van der Waals surface area contributed by atoms with Gasteiger partial charge in [-0.3, -0.25) is 10.3 Å². The van der Waals surface area contributed by atoms with Gasteiger partial charge in [0, 0.05) is 23.3 Å². The number of thiophene rings is 1. The van der Waals surface area contributed by atoms with Gasteiger partial charge in [-0.2, -0.15) is 0 Å². The summed E-state index contributed by atoms with van der Waals surface area (Å²) in [6.45, 7) is 5.38. The van der Waals surface area contributed by atoms with Gasteiger partial charge in [-0.15, -0.1) is 11.3 Å². The van der Waals surface area contributed by atoms with Crippen molar-refractivity contribution in [1.82, 2.24) is 4.98 Å². The molecule has 1 saturated carbocycles. The van der Waals surface area contributed by atoms with Crippen LogP contribution in [0.15, 0.2) is 29.9 Å². The van der Waals surface area contributed by atoms with Crippen LogP contribution in [0.25, 0.3) is 11.1 Å². The molecule has 2 aromatic heterocycles. The summed E-state index contributed by atoms with van der Waals surface area (Å²) in [6, 6.07) is 3.66. The summed E-state index contributed by atoms with van der Waals surface area (Å²) in [5.41, 5.74) is 1.31. The molecule has 1 N–H and O–H groups in total. The van der Waals surface area contributed by atoms with E-state index in [1.54, 1.807) is 33.2 Å². The number of carbonyl (C=O) groups excluding carboxylic acids is 2. The first-order valence-electron chi connectivity index (χ1n) is 9.56. The van der Waals surface area contributed by atoms with E-state index in [0.29, 0.717) is 10.6 Å². The van der Waals surface area contributed by atoms with E-state index in [2.05, 4.69) is 10.3 Å². The molecular formula is C21H26N2O4S. The molecule has 1 amide bonds. The van der Waals surface area contributed by atoms with Crippen LogP contribution in [0.4, 0.5) is 9.80 Å². The maximum atomic E-state index is 13.0. The Morgan fingerprint density at radius 3 is 2.46 bits per heavy atom. The van der Waals surface area contributed by atoms with E-state index in [1.165, 1.54) is 17.8 Å². The third-order valence-corrected chi connectivity index (χ3v) is 5.32. The zero-order valence-corrected chi connectivity index (χ0v) is 17.3. The molecule has 0 spiro atoms. The minimum atomic E-state index is -0.627. The van der Waals surface area contributed by atoms with E-state index in [-0.39, 0.29) is 6.10 Å². The zero-order chi connectivity index (χ0) is 20.1. The third kappa shape index (κ3) is 5.32. The van der Waals surface area contributed by atoms with E-state index in [4.69, 9.17) is 9.47 Å². The average molecular weight is 403 g/mol. The van der Waals surface area contributed by atoms with Crippen molar-refractivity contribution in [2.24, 2.45) is 0 Å². The van der Waals surface area contributed by atoms with Crippen molar-refractivity contribution >= 4 is 28.4 Å². The highest BCUT2D eigenvalue weighted by Crippen LogP contribution is 2.37. The van der Waals surface area contributed by atoms with Crippen molar-refractivity contribution in [2.45, 2.75) is 64.6 Å². The van der Waals surface area contributed by atoms with Crippen molar-refractivity contribution in [2.75, 3.05) is 5.32 Å². The second-order valence-corrected chi connectivity index (χ2v) is 8.76. The topological polar surface area (TPSA) is 77.5 Å². The molecule has 1 fully saturated rings. The first kappa shape index (κ1) is 20.3. The lowest BCUT2D eigenvalue weighted by molar-refractivity contribution is 0.0214. The molecule has 0 aliphatic heterocycles. The number of nitrogens with zero attached hydrogens (tertiary/aromatic N) is 1. The molecule has 6 nitrogen and oxygen atoms in total. The lowest BCUT2D eigenvalue weighted by Gasteiger charge is -2.22. The number of hydrogen-bond donors (Lipinski definition) is 1. The SMILES string of the molecule is CC(C)(C)OC(=O)Nc1scc(-c2ccncc2)c1C(=O)OC1CCCCC1. The lowest BCUT2D eigenvalue weighted by Crippen LogP contribution is -2.27. The second kappa shape index (κ2) is 8.73. The van der Waals surface area contributed by atoms with Crippen LogP contribution in [-0.4, -0.2) is 28.8 Å². The van der Waals surface area contributed by atoms with E-state index >= 15 is 0 Å². The van der Waals surface area contributed by atoms with Crippen molar-refractivity contribution in [3.8, 4) is 11.1 Å². The van der Waals surface area contributed by atoms with E-state index in [0.717, 1.165) is 36.8 Å². The molecule has 0 atom stereocenters. The Bertz CT molecular complexity index is 821. The number of amides is 1. The Balaban J connectivity index is 1.88. The molecule has 0 radical (unpaired) electrons. The van der Waals surface area contributed by atoms with Gasteiger partial charge >= 0.3 is 12.1 Å². The molecule has 3 rings (SSSR count). The summed E-state index contributed by atoms with van der Waals surface area (Å²) in [5.74, 6) is -0.411. The fourth-order valence-corrected chi connectivity index (χ4v) is 4.13. The maximum Gasteiger partial charge on any atom is 0.412 e. The number of aromatic nitrogens is 1. The molecule has 0 saturated heterocycles. The number of pyridine rings is 1. The number of rotatable bonds is 4. The van der Waals surface area contributed by atoms with Crippen LogP contribution in [-0.2, 0) is 9.47 Å². The zero-order valence-electron chi connectivity index (χ0n) is 16.5. The quantitative estimate of drug-likeness (QED) is 0.669. The number of ether oxygens (including phenoxy) is 2. The predicted octanol–water partition coefficient (Wildman–Crippen LogP) is 5.65. The number of hydrogen-bond acceptors (Lipinski definition) is 6. The largest absolute Gasteiger partial charge is 0.459 e. The summed E-state index contributed by atoms with van der Waals surface area (Å²) >= 11 is 1.28. The molecule has 1 aliphatic carbocycles. The molecule has 0 bridgehead atoms. The molecule has 0 unspecified atom stereocenters. The molecular weight excluding hydrogens is 376 g/mol. The number of esters is 1. The van der Waals surface area contributed by atoms with Gasteiger partial charge in [-0.05, 0) is 64.2 Å². The third-order valence-electron chi connectivity index (χ3n) is 4.43. The molecule has 1 aliphatic rings. The van der Waals surface area contributed by atoms with E-state index in [1.807, 2.05) is 17.5 Å². The van der Waals surface area contributed by atoms with Gasteiger partial charge in [0.2, 0.25) is 0 Å². The highest BCUT2D eigenvalue weighted by Gasteiger charge is 2.27. The normalized spacial score (nSPS) is 15.1. The lowest BCUT2D eigenvalue weighted by atomic mass is 9.97. The standard InChI is InChI=1S/C21H26N2O4S/c1-21(2,3)27-20(25)23-18-17(19(24)26-15-7-5-4-6-8-15)16(13-28-18)14-9-11-22-12-10-14/h9-13,15H,4-8H2,1-3H3,(H,23,25). The summed E-state index contributed by atoms with van der Waals surface area (Å²) in [7, 11) is 0. The highest BCUT2D eigenvalue weighted by molar-refractivity contribution is 7.15. The van der Waals surface area contributed by atoms with Gasteiger partial charge in [-0.25, -0.2) is 9.59 Å². The fraction of sp³-hybridized carbons (Fsp3) is 0.476. The Labute approximate surface area is 169 Å². The monoisotopic (exact) mass is 402 g/mol. The van der Waals surface area contributed by atoms with Crippen molar-refractivity contribution in [1.29, 1.82) is 0 Å². The fourth-order valence-electron chi connectivity index (χ4n) is 3.19. The summed E-state index contributed by atoms with van der Waals surface area (Å²) < 4.78 is 11.1. The smallest absolute Gasteiger partial charge is 0.412 e. The van der Waals surface area contributed by atoms with Crippen LogP contribution in [0.3, 0.4) is 0 Å². The van der Waals surface area contributed by atoms with E-state index in [9.17, 15) is 9.59 Å². The van der Waals surface area contributed by atoms with Crippen LogP contribution in [0.5, 0.6) is 0 Å². The Morgan fingerprint density at radius 2 is 1.82 bits per heavy atom. The van der Waals surface area contributed by atoms with Crippen LogP contribution < -0.4 is 5.32 Å². The Morgan fingerprint density at radius 1 is 1.14 bits per heavy atom. The van der Waals surface area contributed by atoms with Crippen LogP contribution in [0.2, 0.25) is 0 Å². The minimum absolute atomic E-state index is 0.0687. The second-order valence-electron chi connectivity index (χ2n) is 7.88. The van der Waals surface area contributed by atoms with Crippen molar-refractivity contribution in [3.05, 3.63) is 35.5 Å². The van der Waals surface area contributed by atoms with Crippen LogP contribution in [0.1, 0.15) is 63.2 Å². The summed E-state index contributed by atoms with van der Waals surface area (Å²) in [5, 5.41) is 5.00. The summed E-state index contributed by atoms with van der Waals surface area (Å²) in [4.78, 5) is 29.3.